The monoisotopic (exact) mass is 371 g/mol. The Kier molecular flexibility index (Phi) is 3.69. The fourth-order valence-electron chi connectivity index (χ4n) is 2.17. The summed E-state index contributed by atoms with van der Waals surface area (Å²) >= 11 is 2.23. The van der Waals surface area contributed by atoms with E-state index in [0.717, 1.165) is 28.6 Å². The van der Waals surface area contributed by atoms with E-state index in [-0.39, 0.29) is 6.10 Å². The third-order valence-corrected chi connectivity index (χ3v) is 3.82. The van der Waals surface area contributed by atoms with E-state index in [0.29, 0.717) is 23.8 Å². The average Bonchev–Trinajstić information content (AvgIpc) is 3.04. The van der Waals surface area contributed by atoms with E-state index in [1.807, 2.05) is 18.2 Å². The van der Waals surface area contributed by atoms with Crippen molar-refractivity contribution in [1.82, 2.24) is 10.1 Å². The molecule has 0 amide bonds. The Balaban J connectivity index is 1.82. The van der Waals surface area contributed by atoms with Crippen LogP contribution in [0.5, 0.6) is 0 Å². The number of hydrogen-bond acceptors (Lipinski definition) is 5. The highest BCUT2D eigenvalue weighted by Crippen LogP contribution is 2.26. The van der Waals surface area contributed by atoms with Gasteiger partial charge < -0.3 is 15.0 Å². The van der Waals surface area contributed by atoms with Gasteiger partial charge in [-0.25, -0.2) is 0 Å². The van der Waals surface area contributed by atoms with Crippen LogP contribution in [-0.4, -0.2) is 22.9 Å². The molecule has 0 radical (unpaired) electrons. The molecule has 1 saturated heterocycles. The van der Waals surface area contributed by atoms with Crippen molar-refractivity contribution in [1.29, 1.82) is 0 Å². The van der Waals surface area contributed by atoms with Crippen molar-refractivity contribution in [3.05, 3.63) is 27.6 Å². The lowest BCUT2D eigenvalue weighted by molar-refractivity contribution is 0.109. The van der Waals surface area contributed by atoms with Crippen LogP contribution in [0, 0.1) is 3.57 Å². The summed E-state index contributed by atoms with van der Waals surface area (Å²) in [6.45, 7) is 0.833. The van der Waals surface area contributed by atoms with E-state index in [4.69, 9.17) is 15.0 Å². The smallest absolute Gasteiger partial charge is 0.260 e. The first kappa shape index (κ1) is 12.9. The molecule has 0 bridgehead atoms. The van der Waals surface area contributed by atoms with Gasteiger partial charge in [-0.2, -0.15) is 4.98 Å². The van der Waals surface area contributed by atoms with Gasteiger partial charge in [0, 0.05) is 22.3 Å². The highest BCUT2D eigenvalue weighted by molar-refractivity contribution is 14.1. The second kappa shape index (κ2) is 5.46. The molecule has 2 N–H and O–H groups in total. The average molecular weight is 371 g/mol. The van der Waals surface area contributed by atoms with Gasteiger partial charge in [0.05, 0.1) is 11.7 Å². The van der Waals surface area contributed by atoms with Gasteiger partial charge >= 0.3 is 0 Å². The van der Waals surface area contributed by atoms with Gasteiger partial charge in [0.15, 0.2) is 5.82 Å². The zero-order valence-corrected chi connectivity index (χ0v) is 12.5. The fourth-order valence-corrected chi connectivity index (χ4v) is 2.66. The van der Waals surface area contributed by atoms with Gasteiger partial charge in [0.1, 0.15) is 0 Å². The molecule has 1 fully saturated rings. The van der Waals surface area contributed by atoms with Crippen LogP contribution < -0.4 is 5.73 Å². The molecule has 3 rings (SSSR count). The molecule has 5 nitrogen and oxygen atoms in total. The quantitative estimate of drug-likeness (QED) is 0.663. The maximum atomic E-state index is 5.94. The van der Waals surface area contributed by atoms with Crippen molar-refractivity contribution < 1.29 is 9.26 Å². The lowest BCUT2D eigenvalue weighted by Gasteiger charge is -2.04. The minimum atomic E-state index is 0.221. The molecular formula is C13H14IN3O2. The Morgan fingerprint density at radius 3 is 3.11 bits per heavy atom. The van der Waals surface area contributed by atoms with E-state index < -0.39 is 0 Å². The molecule has 0 aliphatic carbocycles. The normalized spacial score (nSPS) is 18.9. The van der Waals surface area contributed by atoms with Crippen molar-refractivity contribution in [2.24, 2.45) is 0 Å². The number of rotatable bonds is 3. The lowest BCUT2D eigenvalue weighted by Crippen LogP contribution is -2.09. The number of nitrogens with zero attached hydrogens (tertiary/aromatic N) is 2. The zero-order valence-electron chi connectivity index (χ0n) is 10.3. The number of halogens is 1. The molecule has 2 heterocycles. The molecule has 1 aromatic carbocycles. The van der Waals surface area contributed by atoms with Crippen LogP contribution in [0.25, 0.3) is 11.5 Å². The van der Waals surface area contributed by atoms with E-state index in [2.05, 4.69) is 32.7 Å². The summed E-state index contributed by atoms with van der Waals surface area (Å²) in [5, 5.41) is 4.00. The summed E-state index contributed by atoms with van der Waals surface area (Å²) in [4.78, 5) is 4.40. The summed E-state index contributed by atoms with van der Waals surface area (Å²) in [5.41, 5.74) is 7.37. The minimum Gasteiger partial charge on any atom is -0.398 e. The summed E-state index contributed by atoms with van der Waals surface area (Å²) in [6, 6.07) is 5.74. The van der Waals surface area contributed by atoms with Gasteiger partial charge in [-0.3, -0.25) is 0 Å². The van der Waals surface area contributed by atoms with Gasteiger partial charge in [0.25, 0.3) is 5.89 Å². The van der Waals surface area contributed by atoms with E-state index in [1.54, 1.807) is 0 Å². The van der Waals surface area contributed by atoms with Crippen molar-refractivity contribution >= 4 is 28.3 Å². The molecule has 0 spiro atoms. The molecular weight excluding hydrogens is 357 g/mol. The first-order chi connectivity index (χ1) is 9.22. The van der Waals surface area contributed by atoms with Crippen molar-refractivity contribution in [3.63, 3.8) is 0 Å². The Bertz CT molecular complexity index is 579. The Hall–Kier alpha value is -1.15. The highest BCUT2D eigenvalue weighted by atomic mass is 127. The number of nitrogens with two attached hydrogens (primary N) is 1. The third kappa shape index (κ3) is 2.89. The van der Waals surface area contributed by atoms with Crippen LogP contribution in [0.1, 0.15) is 18.7 Å². The number of hydrogen-bond donors (Lipinski definition) is 1. The number of ether oxygens (including phenoxy) is 1. The van der Waals surface area contributed by atoms with Crippen LogP contribution in [0.4, 0.5) is 5.69 Å². The number of anilines is 1. The summed E-state index contributed by atoms with van der Waals surface area (Å²) in [6.07, 6.45) is 3.10. The molecule has 1 aromatic heterocycles. The van der Waals surface area contributed by atoms with E-state index in [9.17, 15) is 0 Å². The Morgan fingerprint density at radius 2 is 2.32 bits per heavy atom. The first-order valence-electron chi connectivity index (χ1n) is 6.22. The highest BCUT2D eigenvalue weighted by Gasteiger charge is 2.20. The fraction of sp³-hybridized carbons (Fsp3) is 0.385. The molecule has 1 aliphatic rings. The largest absolute Gasteiger partial charge is 0.398 e. The third-order valence-electron chi connectivity index (χ3n) is 3.15. The molecule has 2 aromatic rings. The first-order valence-corrected chi connectivity index (χ1v) is 7.30. The van der Waals surface area contributed by atoms with E-state index >= 15 is 0 Å². The topological polar surface area (TPSA) is 74.2 Å². The van der Waals surface area contributed by atoms with Crippen LogP contribution in [0.15, 0.2) is 22.7 Å². The minimum absolute atomic E-state index is 0.221. The standard InChI is InChI=1S/C13H14IN3O2/c14-8-3-4-11(15)10(6-8)13-16-12(17-19-13)7-9-2-1-5-18-9/h3-4,6,9H,1-2,5,7,15H2. The van der Waals surface area contributed by atoms with Gasteiger partial charge in [-0.15, -0.1) is 0 Å². The number of benzene rings is 1. The maximum Gasteiger partial charge on any atom is 0.260 e. The summed E-state index contributed by atoms with van der Waals surface area (Å²) in [7, 11) is 0. The predicted octanol–water partition coefficient (Wildman–Crippen LogP) is 2.64. The van der Waals surface area contributed by atoms with E-state index in [1.165, 1.54) is 0 Å². The Morgan fingerprint density at radius 1 is 1.42 bits per heavy atom. The molecule has 1 atom stereocenters. The second-order valence-electron chi connectivity index (χ2n) is 4.59. The maximum absolute atomic E-state index is 5.94. The summed E-state index contributed by atoms with van der Waals surface area (Å²) < 4.78 is 11.9. The predicted molar refractivity (Wildman–Crippen MR) is 79.5 cm³/mol. The van der Waals surface area contributed by atoms with Crippen molar-refractivity contribution in [2.75, 3.05) is 12.3 Å². The van der Waals surface area contributed by atoms with Crippen LogP contribution in [0.3, 0.4) is 0 Å². The molecule has 1 unspecified atom stereocenters. The van der Waals surface area contributed by atoms with Gasteiger partial charge in [0.2, 0.25) is 0 Å². The summed E-state index contributed by atoms with van der Waals surface area (Å²) in [5.74, 6) is 1.16. The van der Waals surface area contributed by atoms with Crippen molar-refractivity contribution in [3.8, 4) is 11.5 Å². The molecule has 6 heteroatoms. The lowest BCUT2D eigenvalue weighted by atomic mass is 10.1. The molecule has 19 heavy (non-hydrogen) atoms. The van der Waals surface area contributed by atoms with Gasteiger partial charge in [-0.1, -0.05) is 5.16 Å². The molecule has 100 valence electrons. The van der Waals surface area contributed by atoms with Crippen LogP contribution in [-0.2, 0) is 11.2 Å². The second-order valence-corrected chi connectivity index (χ2v) is 5.83. The van der Waals surface area contributed by atoms with Crippen LogP contribution in [0.2, 0.25) is 0 Å². The molecule has 0 saturated carbocycles. The number of aromatic nitrogens is 2. The van der Waals surface area contributed by atoms with Crippen molar-refractivity contribution in [2.45, 2.75) is 25.4 Å². The number of nitrogen functional groups attached to an aromatic ring is 1. The molecule has 1 aliphatic heterocycles. The Labute approximate surface area is 124 Å². The zero-order chi connectivity index (χ0) is 13.2. The van der Waals surface area contributed by atoms with Gasteiger partial charge in [-0.05, 0) is 53.6 Å². The SMILES string of the molecule is Nc1ccc(I)cc1-c1nc(CC2CCCO2)no1. The van der Waals surface area contributed by atoms with Crippen LogP contribution >= 0.6 is 22.6 Å².